The molecule has 0 aliphatic heterocycles. The van der Waals surface area contributed by atoms with Crippen molar-refractivity contribution in [1.29, 1.82) is 0 Å². The second-order valence-electron chi connectivity index (χ2n) is 12.7. The number of carbonyl (C=O) groups is 3. The highest BCUT2D eigenvalue weighted by Gasteiger charge is 2.34. The number of hydrogen-bond donors (Lipinski definition) is 1. The molecule has 1 aromatic heterocycles. The summed E-state index contributed by atoms with van der Waals surface area (Å²) < 4.78 is 0. The van der Waals surface area contributed by atoms with Gasteiger partial charge in [0.15, 0.2) is 0 Å². The van der Waals surface area contributed by atoms with Crippen molar-refractivity contribution in [1.82, 2.24) is 19.7 Å². The quantitative estimate of drug-likeness (QED) is 0.249. The minimum absolute atomic E-state index is 0.00913. The molecule has 3 rings (SSSR count). The molecule has 1 fully saturated rings. The summed E-state index contributed by atoms with van der Waals surface area (Å²) in [7, 11) is 3.35. The molecule has 43 heavy (non-hydrogen) atoms. The molecule has 1 N–H and O–H groups in total. The lowest BCUT2D eigenvalue weighted by Gasteiger charge is -2.38. The van der Waals surface area contributed by atoms with Crippen molar-refractivity contribution in [2.24, 2.45) is 11.8 Å². The Morgan fingerprint density at radius 1 is 0.930 bits per heavy atom. The molecule has 0 saturated heterocycles. The molecule has 2 aromatic rings. The van der Waals surface area contributed by atoms with E-state index in [0.29, 0.717) is 24.8 Å². The smallest absolute Gasteiger partial charge is 0.241 e. The van der Waals surface area contributed by atoms with Crippen LogP contribution in [-0.4, -0.2) is 75.3 Å². The van der Waals surface area contributed by atoms with Gasteiger partial charge in [-0.1, -0.05) is 76.3 Å². The summed E-state index contributed by atoms with van der Waals surface area (Å²) in [6, 6.07) is 8.98. The predicted octanol–water partition coefficient (Wildman–Crippen LogP) is 6.07. The molecule has 8 nitrogen and oxygen atoms in total. The number of aliphatic hydroxyl groups is 1. The van der Waals surface area contributed by atoms with Crippen LogP contribution < -0.4 is 0 Å². The fourth-order valence-corrected chi connectivity index (χ4v) is 6.52. The van der Waals surface area contributed by atoms with Crippen LogP contribution in [0.25, 0.3) is 0 Å². The van der Waals surface area contributed by atoms with E-state index in [-0.39, 0.29) is 49.2 Å². The van der Waals surface area contributed by atoms with E-state index in [9.17, 15) is 19.5 Å². The molecule has 3 atom stereocenters. The fraction of sp³-hybridized carbons (Fsp3) is 0.647. The first-order chi connectivity index (χ1) is 20.6. The molecule has 1 aliphatic carbocycles. The lowest BCUT2D eigenvalue weighted by Crippen LogP contribution is -2.48. The van der Waals surface area contributed by atoms with Crippen molar-refractivity contribution in [3.8, 4) is 0 Å². The van der Waals surface area contributed by atoms with Crippen LogP contribution in [0.2, 0.25) is 0 Å². The average molecular weight is 613 g/mol. The number of rotatable bonds is 16. The Balaban J connectivity index is 1.82. The molecule has 0 radical (unpaired) electrons. The molecule has 0 bridgehead atoms. The van der Waals surface area contributed by atoms with Crippen molar-refractivity contribution in [3.05, 3.63) is 52.5 Å². The summed E-state index contributed by atoms with van der Waals surface area (Å²) in [5.74, 6) is 0.356. The largest absolute Gasteiger partial charge is 0.391 e. The van der Waals surface area contributed by atoms with Gasteiger partial charge in [0.2, 0.25) is 17.7 Å². The second kappa shape index (κ2) is 17.5. The third-order valence-electron chi connectivity index (χ3n) is 8.75. The third kappa shape index (κ3) is 11.0. The van der Waals surface area contributed by atoms with Crippen LogP contribution in [-0.2, 0) is 20.9 Å². The zero-order valence-corrected chi connectivity index (χ0v) is 27.6. The lowest BCUT2D eigenvalue weighted by molar-refractivity contribution is -0.144. The van der Waals surface area contributed by atoms with Crippen LogP contribution in [0.1, 0.15) is 102 Å². The van der Waals surface area contributed by atoms with Gasteiger partial charge in [0.1, 0.15) is 6.54 Å². The maximum absolute atomic E-state index is 14.0. The molecule has 3 amide bonds. The third-order valence-corrected chi connectivity index (χ3v) is 9.38. The minimum atomic E-state index is -0.644. The first-order valence-corrected chi connectivity index (χ1v) is 16.9. The molecular formula is C34H52N4O4S. The lowest BCUT2D eigenvalue weighted by atomic mass is 9.82. The Kier molecular flexibility index (Phi) is 14.1. The minimum Gasteiger partial charge on any atom is -0.391 e. The molecule has 1 aromatic carbocycles. The first kappa shape index (κ1) is 34.7. The summed E-state index contributed by atoms with van der Waals surface area (Å²) in [5, 5.41) is 13.5. The van der Waals surface area contributed by atoms with E-state index < -0.39 is 6.10 Å². The standard InChI is InChI=1S/C34H52N4O4S/c1-25(2)16-17-31(39)30(20-27-12-8-6-9-13-27)38(21-29-23-43-24-35-29)33(41)19-18-32(40)37(22-34(42)36(4)5)26(3)28-14-10-7-11-15-28/h7,10-11,14-15,23-27,30-31,39H,6,8-9,12-13,16-22H2,1-5H3/t26-,30-,31-/m0/s1. The number of thiazole rings is 1. The van der Waals surface area contributed by atoms with Crippen LogP contribution in [0.4, 0.5) is 0 Å². The Hall–Kier alpha value is -2.78. The van der Waals surface area contributed by atoms with Crippen LogP contribution in [0.15, 0.2) is 41.2 Å². The van der Waals surface area contributed by atoms with Gasteiger partial charge in [-0.25, -0.2) is 4.98 Å². The number of nitrogens with zero attached hydrogens (tertiary/aromatic N) is 4. The van der Waals surface area contributed by atoms with E-state index in [1.54, 1.807) is 29.4 Å². The summed E-state index contributed by atoms with van der Waals surface area (Å²) in [6.07, 6.45) is 7.49. The van der Waals surface area contributed by atoms with Gasteiger partial charge >= 0.3 is 0 Å². The second-order valence-corrected chi connectivity index (χ2v) is 13.5. The Morgan fingerprint density at radius 2 is 1.58 bits per heavy atom. The predicted molar refractivity (Wildman–Crippen MR) is 172 cm³/mol. The van der Waals surface area contributed by atoms with Crippen molar-refractivity contribution in [2.45, 2.75) is 110 Å². The number of aromatic nitrogens is 1. The van der Waals surface area contributed by atoms with Crippen LogP contribution in [0.3, 0.4) is 0 Å². The van der Waals surface area contributed by atoms with Crippen molar-refractivity contribution >= 4 is 29.1 Å². The van der Waals surface area contributed by atoms with E-state index in [1.807, 2.05) is 42.6 Å². The molecule has 0 spiro atoms. The Labute approximate surface area is 262 Å². The maximum atomic E-state index is 14.0. The number of carbonyl (C=O) groups excluding carboxylic acids is 3. The first-order valence-electron chi connectivity index (χ1n) is 16.0. The Morgan fingerprint density at radius 3 is 2.16 bits per heavy atom. The summed E-state index contributed by atoms with van der Waals surface area (Å²) >= 11 is 1.49. The zero-order valence-electron chi connectivity index (χ0n) is 26.8. The summed E-state index contributed by atoms with van der Waals surface area (Å²) in [4.78, 5) is 49.7. The molecule has 1 saturated carbocycles. The normalized spacial score (nSPS) is 16.0. The van der Waals surface area contributed by atoms with Gasteiger partial charge in [-0.05, 0) is 43.6 Å². The zero-order chi connectivity index (χ0) is 31.4. The van der Waals surface area contributed by atoms with Crippen molar-refractivity contribution < 1.29 is 19.5 Å². The van der Waals surface area contributed by atoms with Crippen molar-refractivity contribution in [3.63, 3.8) is 0 Å². The van der Waals surface area contributed by atoms with Crippen LogP contribution in [0.5, 0.6) is 0 Å². The van der Waals surface area contributed by atoms with E-state index in [4.69, 9.17) is 0 Å². The number of aliphatic hydroxyl groups excluding tert-OH is 1. The van der Waals surface area contributed by atoms with Gasteiger partial charge < -0.3 is 19.8 Å². The Bertz CT molecular complexity index is 1120. The highest BCUT2D eigenvalue weighted by molar-refractivity contribution is 7.07. The van der Waals surface area contributed by atoms with E-state index in [0.717, 1.165) is 36.9 Å². The topological polar surface area (TPSA) is 94.0 Å². The highest BCUT2D eigenvalue weighted by atomic mass is 32.1. The average Bonchev–Trinajstić information content (AvgIpc) is 3.52. The molecule has 1 aliphatic rings. The molecule has 0 unspecified atom stereocenters. The van der Waals surface area contributed by atoms with Gasteiger partial charge in [0, 0.05) is 32.3 Å². The fourth-order valence-electron chi connectivity index (χ4n) is 5.97. The maximum Gasteiger partial charge on any atom is 0.241 e. The van der Waals surface area contributed by atoms with E-state index in [1.165, 1.54) is 35.5 Å². The molecule has 9 heteroatoms. The number of amides is 3. The van der Waals surface area contributed by atoms with Crippen LogP contribution >= 0.6 is 11.3 Å². The van der Waals surface area contributed by atoms with Gasteiger partial charge in [0.25, 0.3) is 0 Å². The van der Waals surface area contributed by atoms with Crippen molar-refractivity contribution in [2.75, 3.05) is 20.6 Å². The van der Waals surface area contributed by atoms with Gasteiger partial charge in [0.05, 0.1) is 35.9 Å². The molecule has 238 valence electrons. The van der Waals surface area contributed by atoms with Gasteiger partial charge in [-0.2, -0.15) is 0 Å². The van der Waals surface area contributed by atoms with E-state index in [2.05, 4.69) is 18.8 Å². The monoisotopic (exact) mass is 612 g/mol. The number of likely N-dealkylation sites (N-methyl/N-ethyl adjacent to an activating group) is 1. The summed E-state index contributed by atoms with van der Waals surface area (Å²) in [6.45, 7) is 6.47. The molecular weight excluding hydrogens is 560 g/mol. The molecule has 1 heterocycles. The number of benzene rings is 1. The highest BCUT2D eigenvalue weighted by Crippen LogP contribution is 2.32. The summed E-state index contributed by atoms with van der Waals surface area (Å²) in [5.41, 5.74) is 3.49. The van der Waals surface area contributed by atoms with Gasteiger partial charge in [-0.15, -0.1) is 11.3 Å². The SMILES string of the molecule is CC(C)CC[C@H](O)[C@H](CC1CCCCC1)N(Cc1cscn1)C(=O)CCC(=O)N(CC(=O)N(C)C)[C@@H](C)c1ccccc1. The van der Waals surface area contributed by atoms with Gasteiger partial charge in [-0.3, -0.25) is 14.4 Å². The van der Waals surface area contributed by atoms with Crippen LogP contribution in [0, 0.1) is 11.8 Å². The van der Waals surface area contributed by atoms with E-state index >= 15 is 0 Å². The number of hydrogen-bond acceptors (Lipinski definition) is 6.